The quantitative estimate of drug-likeness (QED) is 0.605. The molecule has 0 aliphatic rings. The molecule has 1 aromatic carbocycles. The van der Waals surface area contributed by atoms with E-state index in [1.54, 1.807) is 24.3 Å². The van der Waals surface area contributed by atoms with Crippen molar-refractivity contribution in [3.05, 3.63) is 50.3 Å². The van der Waals surface area contributed by atoms with Gasteiger partial charge < -0.3 is 0 Å². The van der Waals surface area contributed by atoms with Crippen LogP contribution in [0.4, 0.5) is 5.69 Å². The highest BCUT2D eigenvalue weighted by Gasteiger charge is 2.16. The van der Waals surface area contributed by atoms with Gasteiger partial charge in [0.1, 0.15) is 8.85 Å². The van der Waals surface area contributed by atoms with Crippen LogP contribution in [-0.4, -0.2) is 13.4 Å². The number of aromatic nitrogens is 1. The van der Waals surface area contributed by atoms with Gasteiger partial charge in [-0.15, -0.1) is 0 Å². The van der Waals surface area contributed by atoms with Crippen molar-refractivity contribution in [1.29, 1.82) is 0 Å². The van der Waals surface area contributed by atoms with Crippen molar-refractivity contribution in [2.45, 2.75) is 18.7 Å². The topological polar surface area (TPSA) is 59.1 Å². The van der Waals surface area contributed by atoms with E-state index in [2.05, 4.69) is 9.71 Å². The fourth-order valence-corrected chi connectivity index (χ4v) is 4.08. The molecular formula is C13H12ClIN2O2S. The van der Waals surface area contributed by atoms with E-state index in [4.69, 9.17) is 11.6 Å². The molecule has 0 aliphatic carbocycles. The van der Waals surface area contributed by atoms with Gasteiger partial charge in [0.05, 0.1) is 10.6 Å². The third-order valence-corrected chi connectivity index (χ3v) is 4.94. The van der Waals surface area contributed by atoms with Crippen LogP contribution in [0.25, 0.3) is 0 Å². The Morgan fingerprint density at radius 2 is 1.75 bits per heavy atom. The molecule has 0 amide bonds. The highest BCUT2D eigenvalue weighted by atomic mass is 127. The number of benzene rings is 1. The van der Waals surface area contributed by atoms with E-state index in [1.165, 1.54) is 0 Å². The predicted molar refractivity (Wildman–Crippen MR) is 88.7 cm³/mol. The zero-order valence-electron chi connectivity index (χ0n) is 10.8. The molecule has 0 unspecified atom stereocenters. The first-order chi connectivity index (χ1) is 9.28. The number of rotatable bonds is 3. The average Bonchev–Trinajstić information content (AvgIpc) is 2.31. The summed E-state index contributed by atoms with van der Waals surface area (Å²) in [4.78, 5) is 4.25. The minimum Gasteiger partial charge on any atom is -0.277 e. The Labute approximate surface area is 136 Å². The molecule has 20 heavy (non-hydrogen) atoms. The summed E-state index contributed by atoms with van der Waals surface area (Å²) in [5, 5.41) is 0.323. The second-order valence-corrected chi connectivity index (χ2v) is 7.49. The lowest BCUT2D eigenvalue weighted by atomic mass is 10.2. The van der Waals surface area contributed by atoms with E-state index in [-0.39, 0.29) is 4.90 Å². The standard InChI is InChI=1S/C13H12ClIN2O2S/c1-8-5-9(2)7-10(6-8)20(18,19)17-11-3-4-12(14)16-13(11)15/h3-7,17H,1-2H3. The van der Waals surface area contributed by atoms with E-state index in [0.717, 1.165) is 11.1 Å². The summed E-state index contributed by atoms with van der Waals surface area (Å²) < 4.78 is 27.8. The summed E-state index contributed by atoms with van der Waals surface area (Å²) in [6, 6.07) is 8.32. The largest absolute Gasteiger partial charge is 0.277 e. The summed E-state index contributed by atoms with van der Waals surface area (Å²) in [6.07, 6.45) is 0. The second kappa shape index (κ2) is 5.87. The first-order valence-electron chi connectivity index (χ1n) is 5.71. The number of nitrogens with zero attached hydrogens (tertiary/aromatic N) is 1. The molecule has 0 saturated carbocycles. The molecule has 4 nitrogen and oxygen atoms in total. The molecule has 0 fully saturated rings. The highest BCUT2D eigenvalue weighted by Crippen LogP contribution is 2.23. The van der Waals surface area contributed by atoms with Crippen LogP contribution < -0.4 is 4.72 Å². The van der Waals surface area contributed by atoms with Gasteiger partial charge in [-0.1, -0.05) is 17.7 Å². The Kier molecular flexibility index (Phi) is 4.55. The normalized spacial score (nSPS) is 11.4. The maximum Gasteiger partial charge on any atom is 0.261 e. The molecule has 0 bridgehead atoms. The highest BCUT2D eigenvalue weighted by molar-refractivity contribution is 14.1. The molecule has 0 saturated heterocycles. The molecule has 0 radical (unpaired) electrons. The van der Waals surface area contributed by atoms with Gasteiger partial charge in [-0.25, -0.2) is 13.4 Å². The van der Waals surface area contributed by atoms with Crippen LogP contribution in [0.5, 0.6) is 0 Å². The van der Waals surface area contributed by atoms with Gasteiger partial charge in [0.25, 0.3) is 10.0 Å². The molecule has 1 heterocycles. The van der Waals surface area contributed by atoms with Gasteiger partial charge in [0.15, 0.2) is 0 Å². The van der Waals surface area contributed by atoms with E-state index in [9.17, 15) is 8.42 Å². The molecule has 1 aromatic heterocycles. The molecule has 0 atom stereocenters. The number of halogens is 2. The van der Waals surface area contributed by atoms with Crippen LogP contribution in [0.3, 0.4) is 0 Å². The SMILES string of the molecule is Cc1cc(C)cc(S(=O)(=O)Nc2ccc(Cl)nc2I)c1. The van der Waals surface area contributed by atoms with Gasteiger partial charge in [-0.05, 0) is 71.8 Å². The minimum atomic E-state index is -3.63. The lowest BCUT2D eigenvalue weighted by Crippen LogP contribution is -2.14. The zero-order valence-corrected chi connectivity index (χ0v) is 14.5. The first-order valence-corrected chi connectivity index (χ1v) is 8.65. The van der Waals surface area contributed by atoms with E-state index < -0.39 is 10.0 Å². The van der Waals surface area contributed by atoms with Gasteiger partial charge >= 0.3 is 0 Å². The number of sulfonamides is 1. The van der Waals surface area contributed by atoms with Crippen LogP contribution in [0, 0.1) is 17.5 Å². The van der Waals surface area contributed by atoms with Gasteiger partial charge in [-0.3, -0.25) is 4.72 Å². The fourth-order valence-electron chi connectivity index (χ4n) is 1.78. The number of hydrogen-bond acceptors (Lipinski definition) is 3. The Hall–Kier alpha value is -0.860. The van der Waals surface area contributed by atoms with E-state index in [0.29, 0.717) is 14.5 Å². The molecule has 106 valence electrons. The number of aryl methyl sites for hydroxylation is 2. The summed E-state index contributed by atoms with van der Waals surface area (Å²) >= 11 is 7.69. The van der Waals surface area contributed by atoms with Crippen molar-refractivity contribution in [2.24, 2.45) is 0 Å². The van der Waals surface area contributed by atoms with Crippen LogP contribution in [0.15, 0.2) is 35.2 Å². The van der Waals surface area contributed by atoms with Crippen LogP contribution in [0.2, 0.25) is 5.15 Å². The lowest BCUT2D eigenvalue weighted by molar-refractivity contribution is 0.601. The summed E-state index contributed by atoms with van der Waals surface area (Å²) in [5.74, 6) is 0. The number of nitrogens with one attached hydrogen (secondary N) is 1. The van der Waals surface area contributed by atoms with Crippen molar-refractivity contribution >= 4 is 49.9 Å². The van der Waals surface area contributed by atoms with E-state index >= 15 is 0 Å². The van der Waals surface area contributed by atoms with Crippen molar-refractivity contribution in [3.63, 3.8) is 0 Å². The lowest BCUT2D eigenvalue weighted by Gasteiger charge is -2.10. The Morgan fingerprint density at radius 3 is 2.30 bits per heavy atom. The maximum absolute atomic E-state index is 12.4. The number of pyridine rings is 1. The molecular weight excluding hydrogens is 411 g/mol. The third-order valence-electron chi connectivity index (χ3n) is 2.56. The van der Waals surface area contributed by atoms with Gasteiger partial charge in [0, 0.05) is 0 Å². The molecule has 7 heteroatoms. The van der Waals surface area contributed by atoms with Crippen molar-refractivity contribution in [1.82, 2.24) is 4.98 Å². The molecule has 0 spiro atoms. The Morgan fingerprint density at radius 1 is 1.15 bits per heavy atom. The summed E-state index contributed by atoms with van der Waals surface area (Å²) in [6.45, 7) is 3.72. The van der Waals surface area contributed by atoms with Crippen molar-refractivity contribution < 1.29 is 8.42 Å². The van der Waals surface area contributed by atoms with Crippen LogP contribution in [-0.2, 0) is 10.0 Å². The fraction of sp³-hybridized carbons (Fsp3) is 0.154. The predicted octanol–water partition coefficient (Wildman–Crippen LogP) is 3.76. The van der Waals surface area contributed by atoms with Gasteiger partial charge in [-0.2, -0.15) is 0 Å². The molecule has 2 rings (SSSR count). The van der Waals surface area contributed by atoms with Crippen molar-refractivity contribution in [3.8, 4) is 0 Å². The van der Waals surface area contributed by atoms with Gasteiger partial charge in [0.2, 0.25) is 0 Å². The number of anilines is 1. The van der Waals surface area contributed by atoms with Crippen LogP contribution >= 0.6 is 34.2 Å². The Bertz CT molecular complexity index is 743. The van der Waals surface area contributed by atoms with E-state index in [1.807, 2.05) is 42.5 Å². The molecule has 1 N–H and O–H groups in total. The Balaban J connectivity index is 2.40. The van der Waals surface area contributed by atoms with Crippen LogP contribution in [0.1, 0.15) is 11.1 Å². The smallest absolute Gasteiger partial charge is 0.261 e. The zero-order chi connectivity index (χ0) is 14.9. The minimum absolute atomic E-state index is 0.237. The second-order valence-electron chi connectivity index (χ2n) is 4.40. The summed E-state index contributed by atoms with van der Waals surface area (Å²) in [7, 11) is -3.63. The average molecular weight is 423 g/mol. The monoisotopic (exact) mass is 422 g/mol. The summed E-state index contributed by atoms with van der Waals surface area (Å²) in [5.41, 5.74) is 2.21. The molecule has 0 aliphatic heterocycles. The maximum atomic E-state index is 12.4. The third kappa shape index (κ3) is 3.62. The number of hydrogen-bond donors (Lipinski definition) is 1. The van der Waals surface area contributed by atoms with Crippen molar-refractivity contribution in [2.75, 3.05) is 4.72 Å². The first kappa shape index (κ1) is 15.5. The molecule has 2 aromatic rings.